The van der Waals surface area contributed by atoms with Crippen LogP contribution in [-0.2, 0) is 0 Å². The molecule has 0 radical (unpaired) electrons. The molecule has 19 heavy (non-hydrogen) atoms. The zero-order valence-electron chi connectivity index (χ0n) is 10.1. The summed E-state index contributed by atoms with van der Waals surface area (Å²) in [5, 5.41) is 12.4. The Labute approximate surface area is 116 Å². The zero-order valence-corrected chi connectivity index (χ0v) is 10.8. The number of nitrogens with one attached hydrogen (secondary N) is 1. The summed E-state index contributed by atoms with van der Waals surface area (Å²) in [6.45, 7) is 0. The number of aromatic nitrogens is 1. The predicted octanol–water partition coefficient (Wildman–Crippen LogP) is 2.50. The Morgan fingerprint density at radius 3 is 2.68 bits per heavy atom. The molecule has 2 aromatic rings. The molecule has 1 aromatic heterocycles. The molecule has 1 unspecified atom stereocenters. The summed E-state index contributed by atoms with van der Waals surface area (Å²) in [6.07, 6.45) is 2.68. The van der Waals surface area contributed by atoms with E-state index in [4.69, 9.17) is 11.6 Å². The fraction of sp³-hybridized carbons (Fsp3) is 0.143. The van der Waals surface area contributed by atoms with Gasteiger partial charge in [-0.25, -0.2) is 0 Å². The number of benzene rings is 1. The molecule has 4 nitrogen and oxygen atoms in total. The number of rotatable bonds is 4. The van der Waals surface area contributed by atoms with Crippen LogP contribution in [-0.4, -0.2) is 21.9 Å². The fourth-order valence-corrected chi connectivity index (χ4v) is 1.97. The molecule has 0 aliphatic heterocycles. The summed E-state index contributed by atoms with van der Waals surface area (Å²) in [4.78, 5) is 15.8. The molecule has 2 rings (SSSR count). The van der Waals surface area contributed by atoms with Crippen molar-refractivity contribution in [2.24, 2.45) is 0 Å². The number of amides is 1. The summed E-state index contributed by atoms with van der Waals surface area (Å²) >= 11 is 5.88. The second-order valence-corrected chi connectivity index (χ2v) is 4.29. The van der Waals surface area contributed by atoms with Crippen LogP contribution < -0.4 is 5.32 Å². The van der Waals surface area contributed by atoms with Gasteiger partial charge in [0.1, 0.15) is 5.75 Å². The van der Waals surface area contributed by atoms with Gasteiger partial charge in [-0.3, -0.25) is 9.78 Å². The van der Waals surface area contributed by atoms with E-state index in [2.05, 4.69) is 10.3 Å². The normalized spacial score (nSPS) is 11.8. The number of hydrogen-bond acceptors (Lipinski definition) is 3. The van der Waals surface area contributed by atoms with E-state index in [1.807, 2.05) is 30.3 Å². The van der Waals surface area contributed by atoms with Crippen molar-refractivity contribution in [3.05, 3.63) is 59.9 Å². The van der Waals surface area contributed by atoms with Gasteiger partial charge in [0.05, 0.1) is 17.8 Å². The van der Waals surface area contributed by atoms with Crippen LogP contribution in [0.1, 0.15) is 22.0 Å². The first-order valence-corrected chi connectivity index (χ1v) is 6.30. The van der Waals surface area contributed by atoms with Crippen molar-refractivity contribution < 1.29 is 9.90 Å². The number of halogens is 1. The SMILES string of the molecule is O=C(NC(CCl)c1ccccc1)c1ccncc1O. The maximum absolute atomic E-state index is 12.1. The van der Waals surface area contributed by atoms with E-state index in [1.54, 1.807) is 0 Å². The smallest absolute Gasteiger partial charge is 0.255 e. The first-order chi connectivity index (χ1) is 9.22. The molecule has 0 saturated heterocycles. The summed E-state index contributed by atoms with van der Waals surface area (Å²) in [7, 11) is 0. The van der Waals surface area contributed by atoms with Gasteiger partial charge >= 0.3 is 0 Å². The highest BCUT2D eigenvalue weighted by Gasteiger charge is 2.16. The van der Waals surface area contributed by atoms with Crippen LogP contribution in [0.3, 0.4) is 0 Å². The Kier molecular flexibility index (Phi) is 4.36. The van der Waals surface area contributed by atoms with Crippen molar-refractivity contribution >= 4 is 17.5 Å². The average Bonchev–Trinajstić information content (AvgIpc) is 2.46. The lowest BCUT2D eigenvalue weighted by Gasteiger charge is -2.16. The van der Waals surface area contributed by atoms with Gasteiger partial charge in [-0.05, 0) is 11.6 Å². The lowest BCUT2D eigenvalue weighted by molar-refractivity contribution is 0.0937. The number of carbonyl (C=O) groups excluding carboxylic acids is 1. The van der Waals surface area contributed by atoms with Gasteiger partial charge in [0.25, 0.3) is 5.91 Å². The Bertz CT molecular complexity index is 560. The van der Waals surface area contributed by atoms with Crippen LogP contribution in [0.2, 0.25) is 0 Å². The second-order valence-electron chi connectivity index (χ2n) is 3.98. The van der Waals surface area contributed by atoms with E-state index in [0.717, 1.165) is 5.56 Å². The molecule has 1 atom stereocenters. The monoisotopic (exact) mass is 276 g/mol. The largest absolute Gasteiger partial charge is 0.505 e. The molecule has 1 amide bonds. The molecule has 0 spiro atoms. The third-order valence-electron chi connectivity index (χ3n) is 2.71. The van der Waals surface area contributed by atoms with E-state index < -0.39 is 0 Å². The average molecular weight is 277 g/mol. The molecular formula is C14H13ClN2O2. The summed E-state index contributed by atoms with van der Waals surface area (Å²) in [5.41, 5.74) is 1.10. The first kappa shape index (κ1) is 13.4. The van der Waals surface area contributed by atoms with Crippen molar-refractivity contribution in [2.45, 2.75) is 6.04 Å². The number of alkyl halides is 1. The van der Waals surface area contributed by atoms with Gasteiger partial charge in [-0.15, -0.1) is 11.6 Å². The third kappa shape index (κ3) is 3.23. The van der Waals surface area contributed by atoms with Crippen LogP contribution in [0.4, 0.5) is 0 Å². The standard InChI is InChI=1S/C14H13ClN2O2/c15-8-12(10-4-2-1-3-5-10)17-14(19)11-6-7-16-9-13(11)18/h1-7,9,12,18H,8H2,(H,17,19). The maximum atomic E-state index is 12.1. The minimum absolute atomic E-state index is 0.151. The van der Waals surface area contributed by atoms with Gasteiger partial charge in [0.15, 0.2) is 0 Å². The maximum Gasteiger partial charge on any atom is 0.255 e. The van der Waals surface area contributed by atoms with Gasteiger partial charge in [0, 0.05) is 12.1 Å². The minimum Gasteiger partial charge on any atom is -0.505 e. The lowest BCUT2D eigenvalue weighted by atomic mass is 10.1. The molecule has 1 aromatic carbocycles. The molecule has 2 N–H and O–H groups in total. The minimum atomic E-state index is -0.380. The predicted molar refractivity (Wildman–Crippen MR) is 73.3 cm³/mol. The summed E-state index contributed by atoms with van der Waals surface area (Å²) in [5.74, 6) is -0.280. The fourth-order valence-electron chi connectivity index (χ4n) is 1.71. The molecule has 0 fully saturated rings. The number of pyridine rings is 1. The number of aromatic hydroxyl groups is 1. The summed E-state index contributed by atoms with van der Waals surface area (Å²) < 4.78 is 0. The molecule has 0 aliphatic carbocycles. The highest BCUT2D eigenvalue weighted by Crippen LogP contribution is 2.18. The van der Waals surface area contributed by atoms with E-state index in [1.165, 1.54) is 18.5 Å². The number of hydrogen-bond donors (Lipinski definition) is 2. The molecule has 5 heteroatoms. The summed E-state index contributed by atoms with van der Waals surface area (Å²) in [6, 6.07) is 10.6. The van der Waals surface area contributed by atoms with Crippen LogP contribution in [0.5, 0.6) is 5.75 Å². The Morgan fingerprint density at radius 2 is 2.05 bits per heavy atom. The molecule has 1 heterocycles. The second kappa shape index (κ2) is 6.20. The zero-order chi connectivity index (χ0) is 13.7. The Hall–Kier alpha value is -2.07. The highest BCUT2D eigenvalue weighted by atomic mass is 35.5. The highest BCUT2D eigenvalue weighted by molar-refractivity contribution is 6.18. The van der Waals surface area contributed by atoms with Crippen LogP contribution in [0, 0.1) is 0 Å². The Morgan fingerprint density at radius 1 is 1.32 bits per heavy atom. The number of carbonyl (C=O) groups is 1. The molecular weight excluding hydrogens is 264 g/mol. The van der Waals surface area contributed by atoms with Gasteiger partial charge < -0.3 is 10.4 Å². The quantitative estimate of drug-likeness (QED) is 0.844. The topological polar surface area (TPSA) is 62.2 Å². The van der Waals surface area contributed by atoms with E-state index in [0.29, 0.717) is 0 Å². The third-order valence-corrected chi connectivity index (χ3v) is 3.01. The van der Waals surface area contributed by atoms with Gasteiger partial charge in [0.2, 0.25) is 0 Å². The first-order valence-electron chi connectivity index (χ1n) is 5.77. The van der Waals surface area contributed by atoms with E-state index in [-0.39, 0.29) is 29.1 Å². The molecule has 0 bridgehead atoms. The molecule has 0 saturated carbocycles. The number of nitrogens with zero attached hydrogens (tertiary/aromatic N) is 1. The van der Waals surface area contributed by atoms with Gasteiger partial charge in [-0.2, -0.15) is 0 Å². The van der Waals surface area contributed by atoms with Crippen molar-refractivity contribution in [3.8, 4) is 5.75 Å². The van der Waals surface area contributed by atoms with Crippen molar-refractivity contribution in [2.75, 3.05) is 5.88 Å². The van der Waals surface area contributed by atoms with Crippen LogP contribution in [0.25, 0.3) is 0 Å². The van der Waals surface area contributed by atoms with E-state index in [9.17, 15) is 9.90 Å². The van der Waals surface area contributed by atoms with Crippen molar-refractivity contribution in [1.29, 1.82) is 0 Å². The van der Waals surface area contributed by atoms with Crippen molar-refractivity contribution in [3.63, 3.8) is 0 Å². The van der Waals surface area contributed by atoms with Crippen LogP contribution >= 0.6 is 11.6 Å². The lowest BCUT2D eigenvalue weighted by Crippen LogP contribution is -2.29. The Balaban J connectivity index is 2.16. The van der Waals surface area contributed by atoms with Crippen molar-refractivity contribution in [1.82, 2.24) is 10.3 Å². The van der Waals surface area contributed by atoms with Gasteiger partial charge in [-0.1, -0.05) is 30.3 Å². The van der Waals surface area contributed by atoms with Crippen LogP contribution in [0.15, 0.2) is 48.8 Å². The molecule has 0 aliphatic rings. The molecule has 98 valence electrons. The van der Waals surface area contributed by atoms with E-state index >= 15 is 0 Å².